The first-order chi connectivity index (χ1) is 12.6. The van der Waals surface area contributed by atoms with Gasteiger partial charge in [0.25, 0.3) is 0 Å². The number of benzene rings is 1. The van der Waals surface area contributed by atoms with E-state index in [1.807, 2.05) is 42.5 Å². The molecule has 136 valence electrons. The van der Waals surface area contributed by atoms with Gasteiger partial charge in [-0.3, -0.25) is 4.57 Å². The largest absolute Gasteiger partial charge is 0.467 e. The van der Waals surface area contributed by atoms with E-state index in [0.717, 1.165) is 5.56 Å². The lowest BCUT2D eigenvalue weighted by Crippen LogP contribution is -2.14. The Bertz CT molecular complexity index is 895. The zero-order chi connectivity index (χ0) is 18.4. The first kappa shape index (κ1) is 18.2. The van der Waals surface area contributed by atoms with Crippen LogP contribution in [0.1, 0.15) is 17.2 Å². The molecule has 0 unspecified atom stereocenters. The quantitative estimate of drug-likeness (QED) is 0.592. The number of aromatic nitrogens is 1. The van der Waals surface area contributed by atoms with Crippen LogP contribution in [0.5, 0.6) is 0 Å². The van der Waals surface area contributed by atoms with Gasteiger partial charge in [-0.15, -0.1) is 0 Å². The molecule has 0 bridgehead atoms. The van der Waals surface area contributed by atoms with Crippen LogP contribution in [0.4, 0.5) is 5.88 Å². The molecule has 7 nitrogen and oxygen atoms in total. The average Bonchev–Trinajstić information content (AvgIpc) is 3.35. The van der Waals surface area contributed by atoms with Gasteiger partial charge in [0, 0.05) is 20.3 Å². The summed E-state index contributed by atoms with van der Waals surface area (Å²) in [5.41, 5.74) is 1.07. The third-order valence-electron chi connectivity index (χ3n) is 3.59. The van der Waals surface area contributed by atoms with Gasteiger partial charge in [0.2, 0.25) is 17.2 Å². The van der Waals surface area contributed by atoms with Crippen LogP contribution in [0.3, 0.4) is 0 Å². The van der Waals surface area contributed by atoms with Crippen molar-refractivity contribution in [1.82, 2.24) is 4.98 Å². The van der Waals surface area contributed by atoms with E-state index in [0.29, 0.717) is 12.3 Å². The summed E-state index contributed by atoms with van der Waals surface area (Å²) < 4.78 is 33.8. The Kier molecular flexibility index (Phi) is 5.73. The maximum absolute atomic E-state index is 12.8. The van der Waals surface area contributed by atoms with Crippen LogP contribution in [0, 0.1) is 0 Å². The second kappa shape index (κ2) is 8.19. The van der Waals surface area contributed by atoms with Crippen molar-refractivity contribution in [2.45, 2.75) is 6.54 Å². The van der Waals surface area contributed by atoms with Gasteiger partial charge in [-0.05, 0) is 23.8 Å². The summed E-state index contributed by atoms with van der Waals surface area (Å²) in [6.45, 7) is 0.338. The Hall–Kier alpha value is -2.60. The first-order valence-corrected chi connectivity index (χ1v) is 9.41. The van der Waals surface area contributed by atoms with Crippen molar-refractivity contribution in [2.24, 2.45) is 0 Å². The lowest BCUT2D eigenvalue weighted by atomic mass is 10.2. The predicted octanol–water partition coefficient (Wildman–Crippen LogP) is 4.16. The third kappa shape index (κ3) is 4.14. The molecule has 0 atom stereocenters. The maximum atomic E-state index is 12.8. The Morgan fingerprint density at radius 2 is 1.88 bits per heavy atom. The van der Waals surface area contributed by atoms with Crippen molar-refractivity contribution in [3.8, 4) is 0 Å². The number of hydrogen-bond donors (Lipinski definition) is 1. The molecule has 3 aromatic rings. The van der Waals surface area contributed by atoms with Crippen molar-refractivity contribution in [2.75, 3.05) is 19.5 Å². The minimum atomic E-state index is -3.58. The summed E-state index contributed by atoms with van der Waals surface area (Å²) in [6.07, 6.45) is 5.10. The van der Waals surface area contributed by atoms with Crippen LogP contribution >= 0.6 is 7.60 Å². The summed E-state index contributed by atoms with van der Waals surface area (Å²) in [4.78, 5) is 4.28. The third-order valence-corrected chi connectivity index (χ3v) is 5.37. The molecule has 0 saturated carbocycles. The Labute approximate surface area is 151 Å². The summed E-state index contributed by atoms with van der Waals surface area (Å²) in [5.74, 6) is 1.18. The number of furan rings is 1. The highest BCUT2D eigenvalue weighted by Crippen LogP contribution is 2.47. The van der Waals surface area contributed by atoms with E-state index in [1.54, 1.807) is 18.4 Å². The number of oxazole rings is 1. The van der Waals surface area contributed by atoms with E-state index < -0.39 is 7.60 Å². The second-order valence-electron chi connectivity index (χ2n) is 5.24. The standard InChI is InChI=1S/C18H19N2O5P/c1-22-26(21,23-2)18-17(19-13-15-9-6-12-24-15)25-16(20-18)11-10-14-7-4-3-5-8-14/h3-12,19H,13H2,1-2H3/b11-10+. The smallest absolute Gasteiger partial charge is 0.384 e. The van der Waals surface area contributed by atoms with Crippen molar-refractivity contribution in [1.29, 1.82) is 0 Å². The van der Waals surface area contributed by atoms with Crippen molar-refractivity contribution >= 4 is 31.1 Å². The molecule has 8 heteroatoms. The molecular weight excluding hydrogens is 355 g/mol. The molecule has 1 N–H and O–H groups in total. The molecule has 0 radical (unpaired) electrons. The average molecular weight is 374 g/mol. The number of hydrogen-bond acceptors (Lipinski definition) is 7. The molecule has 2 heterocycles. The van der Waals surface area contributed by atoms with Crippen LogP contribution < -0.4 is 10.8 Å². The molecule has 0 fully saturated rings. The normalized spacial score (nSPS) is 11.9. The fourth-order valence-electron chi connectivity index (χ4n) is 2.26. The van der Waals surface area contributed by atoms with Crippen LogP contribution in [0.15, 0.2) is 57.6 Å². The van der Waals surface area contributed by atoms with Gasteiger partial charge in [-0.2, -0.15) is 4.98 Å². The highest BCUT2D eigenvalue weighted by molar-refractivity contribution is 7.62. The highest BCUT2D eigenvalue weighted by atomic mass is 31.2. The summed E-state index contributed by atoms with van der Waals surface area (Å²) in [5, 5.41) is 3.02. The molecule has 2 aromatic heterocycles. The van der Waals surface area contributed by atoms with Gasteiger partial charge in [-0.25, -0.2) is 0 Å². The number of rotatable bonds is 8. The molecule has 0 aliphatic carbocycles. The molecule has 0 spiro atoms. The van der Waals surface area contributed by atoms with Crippen LogP contribution in [-0.4, -0.2) is 19.2 Å². The molecule has 0 saturated heterocycles. The number of nitrogens with one attached hydrogen (secondary N) is 1. The van der Waals surface area contributed by atoms with Gasteiger partial charge < -0.3 is 23.2 Å². The van der Waals surface area contributed by atoms with Crippen LogP contribution in [0.2, 0.25) is 0 Å². The molecule has 0 aliphatic rings. The SMILES string of the molecule is COP(=O)(OC)c1nc(/C=C/c2ccccc2)oc1NCc1ccco1. The zero-order valence-electron chi connectivity index (χ0n) is 14.4. The Morgan fingerprint density at radius 3 is 2.54 bits per heavy atom. The van der Waals surface area contributed by atoms with Gasteiger partial charge in [0.05, 0.1) is 12.8 Å². The van der Waals surface area contributed by atoms with Crippen molar-refractivity contribution in [3.63, 3.8) is 0 Å². The molecular formula is C18H19N2O5P. The fraction of sp³-hybridized carbons (Fsp3) is 0.167. The van der Waals surface area contributed by atoms with Gasteiger partial charge >= 0.3 is 7.60 Å². The van der Waals surface area contributed by atoms with Gasteiger partial charge in [0.15, 0.2) is 0 Å². The molecule has 26 heavy (non-hydrogen) atoms. The topological polar surface area (TPSA) is 86.7 Å². The van der Waals surface area contributed by atoms with Crippen molar-refractivity contribution < 1.29 is 22.4 Å². The van der Waals surface area contributed by atoms with Crippen LogP contribution in [0.25, 0.3) is 12.2 Å². The van der Waals surface area contributed by atoms with Crippen molar-refractivity contribution in [3.05, 3.63) is 65.9 Å². The van der Waals surface area contributed by atoms with Crippen LogP contribution in [-0.2, 0) is 20.2 Å². The highest BCUT2D eigenvalue weighted by Gasteiger charge is 2.33. The summed E-state index contributed by atoms with van der Waals surface area (Å²) >= 11 is 0. The molecule has 0 aliphatic heterocycles. The predicted molar refractivity (Wildman–Crippen MR) is 99.2 cm³/mol. The van der Waals surface area contributed by atoms with E-state index in [1.165, 1.54) is 14.2 Å². The van der Waals surface area contributed by atoms with Gasteiger partial charge in [-0.1, -0.05) is 30.3 Å². The minimum absolute atomic E-state index is 0.0850. The zero-order valence-corrected chi connectivity index (χ0v) is 15.3. The summed E-state index contributed by atoms with van der Waals surface area (Å²) in [7, 11) is -0.984. The number of anilines is 1. The number of nitrogens with zero attached hydrogens (tertiary/aromatic N) is 1. The monoisotopic (exact) mass is 374 g/mol. The van der Waals surface area contributed by atoms with E-state index >= 15 is 0 Å². The molecule has 0 amide bonds. The Morgan fingerprint density at radius 1 is 1.12 bits per heavy atom. The molecule has 3 rings (SSSR count). The van der Waals surface area contributed by atoms with Gasteiger partial charge in [0.1, 0.15) is 5.76 Å². The Balaban J connectivity index is 1.89. The molecule has 1 aromatic carbocycles. The summed E-state index contributed by atoms with van der Waals surface area (Å²) in [6, 6.07) is 13.3. The van der Waals surface area contributed by atoms with E-state index in [-0.39, 0.29) is 17.2 Å². The lowest BCUT2D eigenvalue weighted by Gasteiger charge is -2.11. The van der Waals surface area contributed by atoms with E-state index in [2.05, 4.69) is 10.3 Å². The van der Waals surface area contributed by atoms with E-state index in [4.69, 9.17) is 17.9 Å². The van der Waals surface area contributed by atoms with E-state index in [9.17, 15) is 4.57 Å². The minimum Gasteiger partial charge on any atom is -0.467 e. The second-order valence-corrected chi connectivity index (χ2v) is 7.39. The lowest BCUT2D eigenvalue weighted by molar-refractivity contribution is 0.286. The fourth-order valence-corrected chi connectivity index (χ4v) is 3.35. The maximum Gasteiger partial charge on any atom is 0.384 e. The first-order valence-electron chi connectivity index (χ1n) is 7.87.